The molecule has 0 unspecified atom stereocenters. The van der Waals surface area contributed by atoms with Gasteiger partial charge in [0.05, 0.1) is 44.8 Å². The Bertz CT molecular complexity index is 761. The average Bonchev–Trinajstić information content (AvgIpc) is 2.91. The lowest BCUT2D eigenvalue weighted by atomic mass is 10.3. The fraction of sp³-hybridized carbons (Fsp3) is 0.375. The Morgan fingerprint density at radius 1 is 1.33 bits per heavy atom. The highest BCUT2D eigenvalue weighted by Crippen LogP contribution is 2.16. The Balaban J connectivity index is 1.93. The average molecular weight is 351 g/mol. The van der Waals surface area contributed by atoms with E-state index in [-0.39, 0.29) is 5.56 Å². The number of aromatic amines is 1. The van der Waals surface area contributed by atoms with Crippen LogP contribution in [-0.2, 0) is 4.74 Å². The van der Waals surface area contributed by atoms with Gasteiger partial charge in [0, 0.05) is 5.02 Å². The van der Waals surface area contributed by atoms with Crippen LogP contribution in [0.2, 0.25) is 5.02 Å². The summed E-state index contributed by atoms with van der Waals surface area (Å²) in [6, 6.07) is 6.98. The second kappa shape index (κ2) is 7.55. The van der Waals surface area contributed by atoms with E-state index in [4.69, 9.17) is 21.1 Å². The van der Waals surface area contributed by atoms with Crippen molar-refractivity contribution in [2.75, 3.05) is 32.9 Å². The number of halogens is 1. The summed E-state index contributed by atoms with van der Waals surface area (Å²) in [6.45, 7) is 4.99. The molecule has 0 radical (unpaired) electrons. The number of hydrogen-bond acceptors (Lipinski definition) is 5. The molecule has 1 saturated heterocycles. The number of ether oxygens (including phenoxy) is 2. The summed E-state index contributed by atoms with van der Waals surface area (Å²) in [5, 5.41) is 9.83. The van der Waals surface area contributed by atoms with Crippen LogP contribution < -0.4 is 10.3 Å². The largest absolute Gasteiger partial charge is 0.478 e. The maximum atomic E-state index is 12.7. The van der Waals surface area contributed by atoms with Gasteiger partial charge in [-0.3, -0.25) is 14.9 Å². The van der Waals surface area contributed by atoms with Gasteiger partial charge >= 0.3 is 0 Å². The molecule has 0 aliphatic carbocycles. The fourth-order valence-corrected chi connectivity index (χ4v) is 2.50. The molecule has 0 bridgehead atoms. The molecule has 7 nitrogen and oxygen atoms in total. The van der Waals surface area contributed by atoms with E-state index in [1.165, 1.54) is 4.68 Å². The van der Waals surface area contributed by atoms with Crippen molar-refractivity contribution in [1.82, 2.24) is 14.8 Å². The zero-order chi connectivity index (χ0) is 16.9. The molecule has 1 N–H and O–H groups in total. The second-order valence-electron chi connectivity index (χ2n) is 5.22. The Kier molecular flexibility index (Phi) is 5.22. The Hall–Kier alpha value is -2.25. The Labute approximate surface area is 144 Å². The molecule has 0 atom stereocenters. The van der Waals surface area contributed by atoms with Crippen molar-refractivity contribution < 1.29 is 9.47 Å². The molecule has 8 heteroatoms. The number of nitrogens with one attached hydrogen (secondary N) is 1. The van der Waals surface area contributed by atoms with Crippen LogP contribution in [0.1, 0.15) is 12.5 Å². The highest BCUT2D eigenvalue weighted by Gasteiger charge is 2.16. The van der Waals surface area contributed by atoms with Crippen molar-refractivity contribution in [3.05, 3.63) is 45.2 Å². The van der Waals surface area contributed by atoms with E-state index in [9.17, 15) is 4.79 Å². The number of rotatable bonds is 5. The van der Waals surface area contributed by atoms with Gasteiger partial charge in [-0.05, 0) is 31.2 Å². The van der Waals surface area contributed by atoms with Crippen LogP contribution in [0.4, 0.5) is 0 Å². The first-order valence-electron chi connectivity index (χ1n) is 7.79. The zero-order valence-corrected chi connectivity index (χ0v) is 14.1. The lowest BCUT2D eigenvalue weighted by Crippen LogP contribution is -2.32. The van der Waals surface area contributed by atoms with Gasteiger partial charge in [-0.2, -0.15) is 5.10 Å². The number of hydrazone groups is 1. The Morgan fingerprint density at radius 2 is 2.04 bits per heavy atom. The van der Waals surface area contributed by atoms with E-state index in [1.807, 2.05) is 11.9 Å². The van der Waals surface area contributed by atoms with Gasteiger partial charge in [-0.1, -0.05) is 11.6 Å². The quantitative estimate of drug-likeness (QED) is 0.836. The monoisotopic (exact) mass is 350 g/mol. The standard InChI is InChI=1S/C16H19ClN4O3/c1-2-24-15-14(11-18-20-7-9-23-10-8-20)16(22)21(19-15)13-5-3-12(17)4-6-13/h3-6,11,19H,2,7-10H2,1H3. The van der Waals surface area contributed by atoms with Crippen LogP contribution in [0.25, 0.3) is 5.69 Å². The van der Waals surface area contributed by atoms with Crippen LogP contribution in [0.3, 0.4) is 0 Å². The van der Waals surface area contributed by atoms with Gasteiger partial charge < -0.3 is 9.47 Å². The highest BCUT2D eigenvalue weighted by atomic mass is 35.5. The minimum absolute atomic E-state index is 0.224. The predicted molar refractivity (Wildman–Crippen MR) is 92.6 cm³/mol. The molecule has 3 rings (SSSR count). The normalized spacial score (nSPS) is 15.2. The topological polar surface area (TPSA) is 71.8 Å². The van der Waals surface area contributed by atoms with Crippen LogP contribution in [-0.4, -0.2) is 53.9 Å². The molecule has 0 saturated carbocycles. The van der Waals surface area contributed by atoms with E-state index in [0.29, 0.717) is 55.1 Å². The molecule has 0 spiro atoms. The summed E-state index contributed by atoms with van der Waals surface area (Å²) in [5.74, 6) is 0.398. The van der Waals surface area contributed by atoms with Crippen LogP contribution in [0.15, 0.2) is 34.2 Å². The molecular formula is C16H19ClN4O3. The first-order valence-corrected chi connectivity index (χ1v) is 8.17. The summed E-state index contributed by atoms with van der Waals surface area (Å²) < 4.78 is 12.3. The van der Waals surface area contributed by atoms with E-state index in [1.54, 1.807) is 30.5 Å². The summed E-state index contributed by atoms with van der Waals surface area (Å²) in [4.78, 5) is 12.7. The van der Waals surface area contributed by atoms with Crippen LogP contribution in [0, 0.1) is 0 Å². The molecule has 24 heavy (non-hydrogen) atoms. The van der Waals surface area contributed by atoms with Crippen molar-refractivity contribution >= 4 is 17.8 Å². The maximum absolute atomic E-state index is 12.7. The van der Waals surface area contributed by atoms with Crippen molar-refractivity contribution in [1.29, 1.82) is 0 Å². The first kappa shape index (κ1) is 16.6. The highest BCUT2D eigenvalue weighted by molar-refractivity contribution is 6.30. The van der Waals surface area contributed by atoms with E-state index < -0.39 is 0 Å². The van der Waals surface area contributed by atoms with Crippen LogP contribution in [0.5, 0.6) is 5.88 Å². The smallest absolute Gasteiger partial charge is 0.284 e. The van der Waals surface area contributed by atoms with Gasteiger partial charge in [-0.25, -0.2) is 4.68 Å². The van der Waals surface area contributed by atoms with Gasteiger partial charge in [0.25, 0.3) is 5.56 Å². The maximum Gasteiger partial charge on any atom is 0.284 e. The predicted octanol–water partition coefficient (Wildman–Crippen LogP) is 1.88. The molecule has 0 amide bonds. The third-order valence-electron chi connectivity index (χ3n) is 3.60. The zero-order valence-electron chi connectivity index (χ0n) is 13.4. The van der Waals surface area contributed by atoms with E-state index in [0.717, 1.165) is 0 Å². The lowest BCUT2D eigenvalue weighted by Gasteiger charge is -2.23. The number of H-pyrrole nitrogens is 1. The Morgan fingerprint density at radius 3 is 2.71 bits per heavy atom. The van der Waals surface area contributed by atoms with E-state index >= 15 is 0 Å². The molecule has 1 aromatic carbocycles. The minimum Gasteiger partial charge on any atom is -0.478 e. The fourth-order valence-electron chi connectivity index (χ4n) is 2.38. The van der Waals surface area contributed by atoms with E-state index in [2.05, 4.69) is 10.2 Å². The van der Waals surface area contributed by atoms with Gasteiger partial charge in [0.2, 0.25) is 5.88 Å². The number of nitrogens with zero attached hydrogens (tertiary/aromatic N) is 3. The van der Waals surface area contributed by atoms with Crippen molar-refractivity contribution in [3.8, 4) is 11.6 Å². The number of hydrogen-bond donors (Lipinski definition) is 1. The van der Waals surface area contributed by atoms with Gasteiger partial charge in [0.15, 0.2) is 0 Å². The molecular weight excluding hydrogens is 332 g/mol. The first-order chi connectivity index (χ1) is 11.7. The number of benzene rings is 1. The molecule has 2 aromatic rings. The summed E-state index contributed by atoms with van der Waals surface area (Å²) in [7, 11) is 0. The third kappa shape index (κ3) is 3.63. The SMILES string of the molecule is CCOc1[nH]n(-c2ccc(Cl)cc2)c(=O)c1C=NN1CCOCC1. The molecule has 1 fully saturated rings. The van der Waals surface area contributed by atoms with Crippen molar-refractivity contribution in [2.45, 2.75) is 6.92 Å². The minimum atomic E-state index is -0.224. The molecule has 2 heterocycles. The molecule has 1 aliphatic heterocycles. The summed E-state index contributed by atoms with van der Waals surface area (Å²) >= 11 is 5.90. The summed E-state index contributed by atoms with van der Waals surface area (Å²) in [6.07, 6.45) is 1.54. The molecule has 128 valence electrons. The second-order valence-corrected chi connectivity index (χ2v) is 5.65. The van der Waals surface area contributed by atoms with Gasteiger partial charge in [-0.15, -0.1) is 0 Å². The molecule has 1 aliphatic rings. The lowest BCUT2D eigenvalue weighted by molar-refractivity contribution is 0.0397. The number of morpholine rings is 1. The summed E-state index contributed by atoms with van der Waals surface area (Å²) in [5.41, 5.74) is 0.840. The van der Waals surface area contributed by atoms with Crippen molar-refractivity contribution in [3.63, 3.8) is 0 Å². The van der Waals surface area contributed by atoms with Crippen molar-refractivity contribution in [2.24, 2.45) is 5.10 Å². The third-order valence-corrected chi connectivity index (χ3v) is 3.85. The van der Waals surface area contributed by atoms with Crippen LogP contribution >= 0.6 is 11.6 Å². The molecule has 1 aromatic heterocycles. The number of aromatic nitrogens is 2. The van der Waals surface area contributed by atoms with Gasteiger partial charge in [0.1, 0.15) is 5.56 Å².